The van der Waals surface area contributed by atoms with E-state index < -0.39 is 0 Å². The number of hydrogen-bond acceptors (Lipinski definition) is 6. The third-order valence-corrected chi connectivity index (χ3v) is 3.85. The van der Waals surface area contributed by atoms with Crippen molar-refractivity contribution in [2.24, 2.45) is 0 Å². The van der Waals surface area contributed by atoms with Gasteiger partial charge in [-0.2, -0.15) is 5.10 Å². The van der Waals surface area contributed by atoms with Crippen LogP contribution in [0.2, 0.25) is 0 Å². The Morgan fingerprint density at radius 3 is 3.10 bits per heavy atom. The van der Waals surface area contributed by atoms with Crippen molar-refractivity contribution in [2.75, 3.05) is 25.0 Å². The second-order valence-electron chi connectivity index (χ2n) is 5.70. The van der Waals surface area contributed by atoms with E-state index in [1.165, 1.54) is 12.8 Å². The molecule has 21 heavy (non-hydrogen) atoms. The summed E-state index contributed by atoms with van der Waals surface area (Å²) >= 11 is 0. The summed E-state index contributed by atoms with van der Waals surface area (Å²) in [6.07, 6.45) is 4.11. The molecule has 6 nitrogen and oxygen atoms in total. The van der Waals surface area contributed by atoms with Gasteiger partial charge in [-0.3, -0.25) is 4.90 Å². The first-order chi connectivity index (χ1) is 10.2. The maximum absolute atomic E-state index is 5.28. The van der Waals surface area contributed by atoms with Crippen LogP contribution in [0.3, 0.4) is 0 Å². The van der Waals surface area contributed by atoms with Crippen LogP contribution in [0.4, 0.5) is 5.82 Å². The predicted octanol–water partition coefficient (Wildman–Crippen LogP) is 1.87. The number of aromatic nitrogens is 3. The summed E-state index contributed by atoms with van der Waals surface area (Å²) in [6, 6.07) is 6.45. The Morgan fingerprint density at radius 2 is 2.38 bits per heavy atom. The van der Waals surface area contributed by atoms with Crippen LogP contribution in [-0.4, -0.2) is 46.4 Å². The minimum Gasteiger partial charge on any atom is -0.360 e. The molecule has 0 aliphatic carbocycles. The van der Waals surface area contributed by atoms with Gasteiger partial charge >= 0.3 is 0 Å². The first-order valence-electron chi connectivity index (χ1n) is 7.37. The second kappa shape index (κ2) is 6.22. The fourth-order valence-corrected chi connectivity index (χ4v) is 2.95. The summed E-state index contributed by atoms with van der Waals surface area (Å²) in [7, 11) is 2.12. The molecule has 0 amide bonds. The lowest BCUT2D eigenvalue weighted by Crippen LogP contribution is -2.39. The molecular formula is C15H21N5O. The lowest BCUT2D eigenvalue weighted by atomic mass is 10.2. The van der Waals surface area contributed by atoms with Gasteiger partial charge in [0.15, 0.2) is 11.6 Å². The first-order valence-corrected chi connectivity index (χ1v) is 7.37. The third-order valence-electron chi connectivity index (χ3n) is 3.85. The van der Waals surface area contributed by atoms with Crippen LogP contribution < -0.4 is 4.90 Å². The first kappa shape index (κ1) is 14.0. The van der Waals surface area contributed by atoms with Crippen molar-refractivity contribution in [3.05, 3.63) is 35.9 Å². The summed E-state index contributed by atoms with van der Waals surface area (Å²) in [4.78, 5) is 4.63. The van der Waals surface area contributed by atoms with E-state index in [2.05, 4.69) is 32.2 Å². The van der Waals surface area contributed by atoms with Gasteiger partial charge in [-0.1, -0.05) is 5.16 Å². The van der Waals surface area contributed by atoms with Gasteiger partial charge in [0.2, 0.25) is 0 Å². The highest BCUT2D eigenvalue weighted by molar-refractivity contribution is 5.39. The standard InChI is InChI=1S/C15H21N5O/c1-12-9-14(21-18-12)11-19(2)10-13-5-4-8-20(13)15-6-3-7-16-17-15/h3,6-7,9,13H,4-5,8,10-11H2,1-2H3. The molecule has 1 saturated heterocycles. The number of aryl methyl sites for hydroxylation is 1. The summed E-state index contributed by atoms with van der Waals surface area (Å²) in [5, 5.41) is 12.2. The zero-order chi connectivity index (χ0) is 14.7. The number of likely N-dealkylation sites (N-methyl/N-ethyl adjacent to an activating group) is 1. The predicted molar refractivity (Wildman–Crippen MR) is 80.0 cm³/mol. The quantitative estimate of drug-likeness (QED) is 0.837. The van der Waals surface area contributed by atoms with E-state index in [-0.39, 0.29) is 0 Å². The van der Waals surface area contributed by atoms with Crippen molar-refractivity contribution < 1.29 is 4.52 Å². The average molecular weight is 287 g/mol. The fraction of sp³-hybridized carbons (Fsp3) is 0.533. The molecule has 1 fully saturated rings. The fourth-order valence-electron chi connectivity index (χ4n) is 2.95. The van der Waals surface area contributed by atoms with Gasteiger partial charge in [0.25, 0.3) is 0 Å². The van der Waals surface area contributed by atoms with E-state index in [0.29, 0.717) is 6.04 Å². The molecule has 0 saturated carbocycles. The van der Waals surface area contributed by atoms with Crippen LogP contribution in [0, 0.1) is 6.92 Å². The van der Waals surface area contributed by atoms with Crippen molar-refractivity contribution in [3.8, 4) is 0 Å². The molecule has 0 radical (unpaired) electrons. The van der Waals surface area contributed by atoms with E-state index in [0.717, 1.165) is 36.9 Å². The van der Waals surface area contributed by atoms with Gasteiger partial charge < -0.3 is 9.42 Å². The van der Waals surface area contributed by atoms with Crippen molar-refractivity contribution in [1.82, 2.24) is 20.3 Å². The summed E-state index contributed by atoms with van der Waals surface area (Å²) in [5.74, 6) is 1.89. The second-order valence-corrected chi connectivity index (χ2v) is 5.70. The van der Waals surface area contributed by atoms with Crippen molar-refractivity contribution in [2.45, 2.75) is 32.4 Å². The highest BCUT2D eigenvalue weighted by Crippen LogP contribution is 2.23. The molecule has 2 aromatic heterocycles. The van der Waals surface area contributed by atoms with E-state index in [4.69, 9.17) is 4.52 Å². The van der Waals surface area contributed by atoms with Gasteiger partial charge in [-0.25, -0.2) is 0 Å². The molecule has 0 bridgehead atoms. The molecule has 6 heteroatoms. The van der Waals surface area contributed by atoms with E-state index in [9.17, 15) is 0 Å². The Hall–Kier alpha value is -1.95. The van der Waals surface area contributed by atoms with E-state index in [1.54, 1.807) is 6.20 Å². The molecule has 3 rings (SSSR count). The van der Waals surface area contributed by atoms with Crippen LogP contribution in [0.25, 0.3) is 0 Å². The van der Waals surface area contributed by atoms with Crippen molar-refractivity contribution in [3.63, 3.8) is 0 Å². The summed E-state index contributed by atoms with van der Waals surface area (Å²) < 4.78 is 5.28. The molecule has 1 aliphatic heterocycles. The average Bonchev–Trinajstić information content (AvgIpc) is 3.09. The Labute approximate surface area is 124 Å². The van der Waals surface area contributed by atoms with Crippen LogP contribution >= 0.6 is 0 Å². The smallest absolute Gasteiger partial charge is 0.151 e. The SMILES string of the molecule is Cc1cc(CN(C)CC2CCCN2c2cccnn2)on1. The monoisotopic (exact) mass is 287 g/mol. The van der Waals surface area contributed by atoms with Crippen molar-refractivity contribution in [1.29, 1.82) is 0 Å². The van der Waals surface area contributed by atoms with Crippen LogP contribution in [-0.2, 0) is 6.54 Å². The number of anilines is 1. The lowest BCUT2D eigenvalue weighted by molar-refractivity contribution is 0.259. The molecule has 0 N–H and O–H groups in total. The lowest BCUT2D eigenvalue weighted by Gasteiger charge is -2.28. The van der Waals surface area contributed by atoms with Crippen LogP contribution in [0.1, 0.15) is 24.3 Å². The van der Waals surface area contributed by atoms with Gasteiger partial charge in [0, 0.05) is 31.4 Å². The maximum atomic E-state index is 5.28. The largest absolute Gasteiger partial charge is 0.360 e. The van der Waals surface area contributed by atoms with Gasteiger partial charge in [0.1, 0.15) is 0 Å². The Bertz CT molecular complexity index is 570. The van der Waals surface area contributed by atoms with Gasteiger partial charge in [-0.15, -0.1) is 5.10 Å². The molecule has 1 unspecified atom stereocenters. The number of nitrogens with zero attached hydrogens (tertiary/aromatic N) is 5. The Kier molecular flexibility index (Phi) is 4.15. The normalized spacial score (nSPS) is 18.6. The minimum atomic E-state index is 0.482. The highest BCUT2D eigenvalue weighted by Gasteiger charge is 2.27. The molecule has 3 heterocycles. The molecule has 2 aromatic rings. The van der Waals surface area contributed by atoms with E-state index >= 15 is 0 Å². The minimum absolute atomic E-state index is 0.482. The van der Waals surface area contributed by atoms with Crippen LogP contribution in [0.5, 0.6) is 0 Å². The number of rotatable bonds is 5. The highest BCUT2D eigenvalue weighted by atomic mass is 16.5. The molecule has 1 aliphatic rings. The topological polar surface area (TPSA) is 58.3 Å². The zero-order valence-corrected chi connectivity index (χ0v) is 12.6. The number of hydrogen-bond donors (Lipinski definition) is 0. The molecule has 0 aromatic carbocycles. The van der Waals surface area contributed by atoms with Gasteiger partial charge in [-0.05, 0) is 38.9 Å². The Morgan fingerprint density at radius 1 is 1.48 bits per heavy atom. The van der Waals surface area contributed by atoms with E-state index in [1.807, 2.05) is 25.1 Å². The maximum Gasteiger partial charge on any atom is 0.151 e. The molecule has 112 valence electrons. The molecule has 1 atom stereocenters. The zero-order valence-electron chi connectivity index (χ0n) is 12.6. The summed E-state index contributed by atoms with van der Waals surface area (Å²) in [6.45, 7) is 4.76. The summed E-state index contributed by atoms with van der Waals surface area (Å²) in [5.41, 5.74) is 0.931. The third kappa shape index (κ3) is 3.39. The van der Waals surface area contributed by atoms with Crippen LogP contribution in [0.15, 0.2) is 28.9 Å². The molecule has 0 spiro atoms. The van der Waals surface area contributed by atoms with Crippen molar-refractivity contribution >= 4 is 5.82 Å². The Balaban J connectivity index is 1.61. The molecular weight excluding hydrogens is 266 g/mol. The van der Waals surface area contributed by atoms with Gasteiger partial charge in [0.05, 0.1) is 12.2 Å².